The maximum atomic E-state index is 6.27. The van der Waals surface area contributed by atoms with Gasteiger partial charge in [-0.15, -0.1) is 0 Å². The van der Waals surface area contributed by atoms with E-state index in [4.69, 9.17) is 18.2 Å². The van der Waals surface area contributed by atoms with Crippen molar-refractivity contribution < 1.29 is 13.3 Å². The fourth-order valence-corrected chi connectivity index (χ4v) is 6.82. The predicted octanol–water partition coefficient (Wildman–Crippen LogP) is 12.4. The van der Waals surface area contributed by atoms with Gasteiger partial charge in [-0.3, -0.25) is 0 Å². The van der Waals surface area contributed by atoms with E-state index in [1.54, 1.807) is 0 Å². The van der Waals surface area contributed by atoms with Gasteiger partial charge < -0.3 is 18.2 Å². The van der Waals surface area contributed by atoms with Crippen LogP contribution >= 0.6 is 0 Å². The molecule has 0 radical (unpaired) electrons. The van der Waals surface area contributed by atoms with Crippen LogP contribution in [0.2, 0.25) is 0 Å². The molecule has 0 spiro atoms. The summed E-state index contributed by atoms with van der Waals surface area (Å²) in [5.74, 6) is 0.599. The summed E-state index contributed by atoms with van der Waals surface area (Å²) in [6.07, 6.45) is 0. The number of hydrogen-bond donors (Lipinski definition) is 0. The second-order valence-electron chi connectivity index (χ2n) is 12.0. The second kappa shape index (κ2) is 10.5. The van der Waals surface area contributed by atoms with E-state index in [0.717, 1.165) is 88.7 Å². The summed E-state index contributed by atoms with van der Waals surface area (Å²) in [7, 11) is 0. The van der Waals surface area contributed by atoms with Crippen molar-refractivity contribution in [1.29, 1.82) is 0 Å². The summed E-state index contributed by atoms with van der Waals surface area (Å²) in [4.78, 5) is 7.20. The first-order valence-corrected chi connectivity index (χ1v) is 15.9. The highest BCUT2D eigenvalue weighted by Gasteiger charge is 2.18. The van der Waals surface area contributed by atoms with Crippen molar-refractivity contribution in [2.45, 2.75) is 0 Å². The normalized spacial score (nSPS) is 11.8. The highest BCUT2D eigenvalue weighted by atomic mass is 16.4. The van der Waals surface area contributed by atoms with Crippen LogP contribution in [-0.2, 0) is 0 Å². The van der Waals surface area contributed by atoms with E-state index in [1.165, 1.54) is 0 Å². The molecule has 0 saturated heterocycles. The number of hydrogen-bond acceptors (Lipinski definition) is 5. The zero-order chi connectivity index (χ0) is 31.6. The molecule has 0 amide bonds. The van der Waals surface area contributed by atoms with Crippen LogP contribution in [0.5, 0.6) is 0 Å². The molecule has 226 valence electrons. The molecule has 0 fully saturated rings. The van der Waals surface area contributed by atoms with Crippen LogP contribution in [0, 0.1) is 0 Å². The van der Waals surface area contributed by atoms with Crippen molar-refractivity contribution in [3.05, 3.63) is 158 Å². The first-order chi connectivity index (χ1) is 23.8. The average Bonchev–Trinajstić information content (AvgIpc) is 3.86. The zero-order valence-electron chi connectivity index (χ0n) is 25.6. The maximum Gasteiger partial charge on any atom is 0.227 e. The van der Waals surface area contributed by atoms with Crippen molar-refractivity contribution in [3.63, 3.8) is 0 Å². The lowest BCUT2D eigenvalue weighted by Crippen LogP contribution is -2.09. The average molecular weight is 619 g/mol. The molecule has 5 nitrogen and oxygen atoms in total. The van der Waals surface area contributed by atoms with Crippen LogP contribution in [0.4, 0.5) is 17.1 Å². The van der Waals surface area contributed by atoms with Gasteiger partial charge in [-0.2, -0.15) is 0 Å². The first kappa shape index (κ1) is 26.6. The van der Waals surface area contributed by atoms with Crippen molar-refractivity contribution in [3.8, 4) is 22.6 Å². The SMILES string of the molecule is c1ccc(-c2nc3c(ccc4oc5ccc(-c6ccc(N(c7ccccc7)c7ccc8oc9ccccc9c8c7)cc6)cc5c43)o2)cc1. The Morgan fingerprint density at radius 1 is 0.375 bits per heavy atom. The third kappa shape index (κ3) is 4.22. The van der Waals surface area contributed by atoms with Crippen molar-refractivity contribution in [2.24, 2.45) is 0 Å². The Balaban J connectivity index is 1.07. The van der Waals surface area contributed by atoms with Gasteiger partial charge in [0.2, 0.25) is 5.89 Å². The lowest BCUT2D eigenvalue weighted by molar-refractivity contribution is 0.619. The molecule has 0 aliphatic carbocycles. The number of nitrogens with zero attached hydrogens (tertiary/aromatic N) is 2. The highest BCUT2D eigenvalue weighted by Crippen LogP contribution is 2.41. The van der Waals surface area contributed by atoms with Gasteiger partial charge in [0.1, 0.15) is 27.8 Å². The third-order valence-electron chi connectivity index (χ3n) is 9.10. The zero-order valence-corrected chi connectivity index (χ0v) is 25.6. The van der Waals surface area contributed by atoms with Crippen LogP contribution in [0.3, 0.4) is 0 Å². The van der Waals surface area contributed by atoms with Crippen LogP contribution in [0.15, 0.2) is 171 Å². The van der Waals surface area contributed by atoms with Gasteiger partial charge in [-0.25, -0.2) is 4.98 Å². The maximum absolute atomic E-state index is 6.27. The monoisotopic (exact) mass is 618 g/mol. The number of oxazole rings is 1. The first-order valence-electron chi connectivity index (χ1n) is 15.9. The number of aromatic nitrogens is 1. The molecule has 48 heavy (non-hydrogen) atoms. The number of rotatable bonds is 5. The number of para-hydroxylation sites is 2. The predicted molar refractivity (Wildman–Crippen MR) is 194 cm³/mol. The fourth-order valence-electron chi connectivity index (χ4n) is 6.82. The summed E-state index contributed by atoms with van der Waals surface area (Å²) < 4.78 is 18.6. The molecular formula is C43H26N2O3. The molecule has 10 aromatic rings. The van der Waals surface area contributed by atoms with Gasteiger partial charge in [0, 0.05) is 38.8 Å². The molecule has 3 heterocycles. The van der Waals surface area contributed by atoms with E-state index in [2.05, 4.69) is 95.9 Å². The Kier molecular flexibility index (Phi) is 5.81. The minimum absolute atomic E-state index is 0.599. The summed E-state index contributed by atoms with van der Waals surface area (Å²) in [6, 6.07) is 54.0. The van der Waals surface area contributed by atoms with Gasteiger partial charge in [-0.1, -0.05) is 72.8 Å². The Morgan fingerprint density at radius 2 is 0.979 bits per heavy atom. The molecule has 3 aromatic heterocycles. The molecule has 0 atom stereocenters. The fraction of sp³-hybridized carbons (Fsp3) is 0. The molecular weight excluding hydrogens is 592 g/mol. The van der Waals surface area contributed by atoms with Crippen LogP contribution in [-0.4, -0.2) is 4.98 Å². The van der Waals surface area contributed by atoms with Gasteiger partial charge in [0.05, 0.1) is 5.39 Å². The van der Waals surface area contributed by atoms with E-state index in [1.807, 2.05) is 66.7 Å². The quantitative estimate of drug-likeness (QED) is 0.192. The van der Waals surface area contributed by atoms with Gasteiger partial charge in [-0.05, 0) is 96.1 Å². The molecule has 0 unspecified atom stereocenters. The largest absolute Gasteiger partial charge is 0.456 e. The number of furan rings is 2. The van der Waals surface area contributed by atoms with Crippen LogP contribution in [0.25, 0.3) is 77.6 Å². The Hall–Kier alpha value is -6.59. The molecule has 0 bridgehead atoms. The summed E-state index contributed by atoms with van der Waals surface area (Å²) in [5.41, 5.74) is 11.3. The summed E-state index contributed by atoms with van der Waals surface area (Å²) in [6.45, 7) is 0. The van der Waals surface area contributed by atoms with Gasteiger partial charge >= 0.3 is 0 Å². The molecule has 10 rings (SSSR count). The standard InChI is InChI=1S/C43H26N2O3/c1-3-9-28(10-4-1)43-44-42-40(48-43)24-23-39-41(42)35-25-29(17-21-38(35)47-39)27-15-18-31(19-16-27)45(30-11-5-2-6-12-30)32-20-22-37-34(26-32)33-13-7-8-14-36(33)46-37/h1-26H. The van der Waals surface area contributed by atoms with Gasteiger partial charge in [0.15, 0.2) is 5.58 Å². The minimum atomic E-state index is 0.599. The van der Waals surface area contributed by atoms with E-state index < -0.39 is 0 Å². The Morgan fingerprint density at radius 3 is 1.83 bits per heavy atom. The molecule has 0 aliphatic rings. The van der Waals surface area contributed by atoms with Crippen LogP contribution < -0.4 is 4.90 Å². The van der Waals surface area contributed by atoms with Crippen molar-refractivity contribution in [1.82, 2.24) is 4.98 Å². The van der Waals surface area contributed by atoms with E-state index in [-0.39, 0.29) is 0 Å². The number of anilines is 3. The van der Waals surface area contributed by atoms with Crippen LogP contribution in [0.1, 0.15) is 0 Å². The van der Waals surface area contributed by atoms with Crippen molar-refractivity contribution >= 4 is 72.0 Å². The molecule has 0 saturated carbocycles. The summed E-state index contributed by atoms with van der Waals surface area (Å²) >= 11 is 0. The Labute approximate surface area is 274 Å². The molecule has 0 N–H and O–H groups in total. The molecule has 7 aromatic carbocycles. The second-order valence-corrected chi connectivity index (χ2v) is 12.0. The molecule has 5 heteroatoms. The van der Waals surface area contributed by atoms with E-state index in [9.17, 15) is 0 Å². The topological polar surface area (TPSA) is 55.6 Å². The smallest absolute Gasteiger partial charge is 0.227 e. The number of fused-ring (bicyclic) bond motifs is 8. The molecule has 0 aliphatic heterocycles. The lowest BCUT2D eigenvalue weighted by Gasteiger charge is -2.25. The summed E-state index contributed by atoms with van der Waals surface area (Å²) in [5, 5.41) is 4.18. The highest BCUT2D eigenvalue weighted by molar-refractivity contribution is 6.17. The lowest BCUT2D eigenvalue weighted by atomic mass is 10.0. The third-order valence-corrected chi connectivity index (χ3v) is 9.10. The Bertz CT molecular complexity index is 2770. The van der Waals surface area contributed by atoms with Crippen molar-refractivity contribution in [2.75, 3.05) is 4.90 Å². The minimum Gasteiger partial charge on any atom is -0.456 e. The van der Waals surface area contributed by atoms with E-state index in [0.29, 0.717) is 5.89 Å². The van der Waals surface area contributed by atoms with E-state index >= 15 is 0 Å². The van der Waals surface area contributed by atoms with Gasteiger partial charge in [0.25, 0.3) is 0 Å². The number of benzene rings is 7.